The van der Waals surface area contributed by atoms with Gasteiger partial charge in [0.05, 0.1) is 5.60 Å². The van der Waals surface area contributed by atoms with E-state index in [0.717, 1.165) is 36.9 Å². The van der Waals surface area contributed by atoms with Crippen LogP contribution in [0.3, 0.4) is 0 Å². The lowest BCUT2D eigenvalue weighted by Gasteiger charge is -2.45. The summed E-state index contributed by atoms with van der Waals surface area (Å²) in [5, 5.41) is 12.7. The Morgan fingerprint density at radius 2 is 1.74 bits per heavy atom. The molecule has 3 atom stereocenters. The van der Waals surface area contributed by atoms with Crippen molar-refractivity contribution in [1.82, 2.24) is 4.90 Å². The third kappa shape index (κ3) is 5.03. The Balaban J connectivity index is 1.82. The van der Waals surface area contributed by atoms with Crippen molar-refractivity contribution >= 4 is 23.2 Å². The molecule has 5 heteroatoms. The molecule has 1 N–H and O–H groups in total. The first-order chi connectivity index (χ1) is 12.8. The Bertz CT molecular complexity index is 760. The van der Waals surface area contributed by atoms with Crippen LogP contribution < -0.4 is 0 Å². The van der Waals surface area contributed by atoms with Gasteiger partial charge in [-0.2, -0.15) is 0 Å². The highest BCUT2D eigenvalue weighted by atomic mass is 35.5. The second-order valence-corrected chi connectivity index (χ2v) is 8.89. The topological polar surface area (TPSA) is 23.5 Å². The van der Waals surface area contributed by atoms with Gasteiger partial charge in [-0.25, -0.2) is 4.39 Å². The second-order valence-electron chi connectivity index (χ2n) is 8.01. The summed E-state index contributed by atoms with van der Waals surface area (Å²) in [6.45, 7) is 0.778. The summed E-state index contributed by atoms with van der Waals surface area (Å²) in [5.41, 5.74) is 0.992. The molecule has 2 aromatic carbocycles. The quantitative estimate of drug-likeness (QED) is 0.700. The molecule has 1 aliphatic carbocycles. The highest BCUT2D eigenvalue weighted by molar-refractivity contribution is 6.34. The number of nitrogens with zero attached hydrogens (tertiary/aromatic N) is 1. The first-order valence-electron chi connectivity index (χ1n) is 9.34. The summed E-state index contributed by atoms with van der Waals surface area (Å²) in [7, 11) is 4.05. The molecule has 0 spiro atoms. The Kier molecular flexibility index (Phi) is 6.47. The molecule has 0 amide bonds. The van der Waals surface area contributed by atoms with Crippen LogP contribution in [0, 0.1) is 17.7 Å². The van der Waals surface area contributed by atoms with Crippen LogP contribution in [0.25, 0.3) is 0 Å². The molecule has 27 heavy (non-hydrogen) atoms. The van der Waals surface area contributed by atoms with Gasteiger partial charge >= 0.3 is 0 Å². The van der Waals surface area contributed by atoms with E-state index < -0.39 is 5.60 Å². The van der Waals surface area contributed by atoms with Crippen molar-refractivity contribution < 1.29 is 9.50 Å². The van der Waals surface area contributed by atoms with E-state index in [2.05, 4.69) is 4.90 Å². The van der Waals surface area contributed by atoms with Crippen molar-refractivity contribution in [3.63, 3.8) is 0 Å². The highest BCUT2D eigenvalue weighted by Gasteiger charge is 2.43. The third-order valence-corrected chi connectivity index (χ3v) is 6.05. The Morgan fingerprint density at radius 3 is 2.33 bits per heavy atom. The van der Waals surface area contributed by atoms with Gasteiger partial charge in [0, 0.05) is 22.5 Å². The van der Waals surface area contributed by atoms with Crippen molar-refractivity contribution in [2.45, 2.75) is 31.3 Å². The van der Waals surface area contributed by atoms with E-state index in [9.17, 15) is 9.50 Å². The van der Waals surface area contributed by atoms with Crippen molar-refractivity contribution in [3.05, 3.63) is 69.5 Å². The van der Waals surface area contributed by atoms with Crippen molar-refractivity contribution in [2.75, 3.05) is 20.6 Å². The van der Waals surface area contributed by atoms with Crippen LogP contribution in [0.4, 0.5) is 4.39 Å². The summed E-state index contributed by atoms with van der Waals surface area (Å²) in [6.07, 6.45) is 3.36. The first-order valence-corrected chi connectivity index (χ1v) is 10.1. The molecule has 1 aliphatic rings. The van der Waals surface area contributed by atoms with Gasteiger partial charge in [-0.05, 0) is 87.2 Å². The maximum atomic E-state index is 13.2. The molecule has 146 valence electrons. The zero-order valence-electron chi connectivity index (χ0n) is 15.8. The average Bonchev–Trinajstić information content (AvgIpc) is 2.59. The summed E-state index contributed by atoms with van der Waals surface area (Å²) in [6, 6.07) is 12.1. The Labute approximate surface area is 170 Å². The monoisotopic (exact) mass is 409 g/mol. The van der Waals surface area contributed by atoms with Gasteiger partial charge in [0.1, 0.15) is 5.82 Å². The molecule has 1 fully saturated rings. The molecule has 0 radical (unpaired) electrons. The van der Waals surface area contributed by atoms with E-state index in [1.807, 2.05) is 38.4 Å². The molecule has 3 rings (SSSR count). The van der Waals surface area contributed by atoms with Crippen LogP contribution in [0.15, 0.2) is 42.5 Å². The van der Waals surface area contributed by atoms with Crippen LogP contribution in [0.2, 0.25) is 10.0 Å². The number of aliphatic hydroxyl groups is 1. The number of rotatable bonds is 5. The van der Waals surface area contributed by atoms with E-state index in [4.69, 9.17) is 23.2 Å². The molecule has 3 unspecified atom stereocenters. The van der Waals surface area contributed by atoms with Gasteiger partial charge in [0.15, 0.2) is 0 Å². The van der Waals surface area contributed by atoms with Crippen molar-refractivity contribution in [3.8, 4) is 0 Å². The standard InChI is InChI=1S/C22H26Cl2FNO/c1-26(2)14-18-10-16(9-15-3-5-21(25)6-4-15)7-8-22(18,27)17-11-19(23)13-20(24)12-17/h3-6,11-13,16,18,27H,7-10,14H2,1-2H3. The highest BCUT2D eigenvalue weighted by Crippen LogP contribution is 2.46. The molecule has 0 bridgehead atoms. The third-order valence-electron chi connectivity index (χ3n) is 5.61. The zero-order valence-corrected chi connectivity index (χ0v) is 17.3. The maximum Gasteiger partial charge on any atom is 0.123 e. The SMILES string of the molecule is CN(C)CC1CC(Cc2ccc(F)cc2)CCC1(O)c1cc(Cl)cc(Cl)c1. The minimum atomic E-state index is -0.946. The van der Waals surface area contributed by atoms with Crippen molar-refractivity contribution in [1.29, 1.82) is 0 Å². The molecule has 1 saturated carbocycles. The molecule has 0 saturated heterocycles. The van der Waals surface area contributed by atoms with Crippen LogP contribution in [-0.2, 0) is 12.0 Å². The van der Waals surface area contributed by atoms with Crippen LogP contribution >= 0.6 is 23.2 Å². The van der Waals surface area contributed by atoms with Crippen LogP contribution in [0.1, 0.15) is 30.4 Å². The zero-order chi connectivity index (χ0) is 19.6. The summed E-state index contributed by atoms with van der Waals surface area (Å²) < 4.78 is 13.2. The predicted molar refractivity (Wildman–Crippen MR) is 110 cm³/mol. The number of hydrogen-bond acceptors (Lipinski definition) is 2. The van der Waals surface area contributed by atoms with E-state index in [0.29, 0.717) is 22.4 Å². The molecular weight excluding hydrogens is 384 g/mol. The van der Waals surface area contributed by atoms with Gasteiger partial charge in [0.25, 0.3) is 0 Å². The molecule has 2 aromatic rings. The number of halogens is 3. The average molecular weight is 410 g/mol. The largest absolute Gasteiger partial charge is 0.385 e. The number of benzene rings is 2. The lowest BCUT2D eigenvalue weighted by atomic mass is 9.66. The molecule has 0 aromatic heterocycles. The molecular formula is C22H26Cl2FNO. The fourth-order valence-electron chi connectivity index (χ4n) is 4.33. The van der Waals surface area contributed by atoms with Gasteiger partial charge in [-0.3, -0.25) is 0 Å². The van der Waals surface area contributed by atoms with Gasteiger partial charge in [-0.15, -0.1) is 0 Å². The molecule has 0 heterocycles. The van der Waals surface area contributed by atoms with Gasteiger partial charge in [-0.1, -0.05) is 35.3 Å². The fraction of sp³-hybridized carbons (Fsp3) is 0.455. The van der Waals surface area contributed by atoms with Gasteiger partial charge in [0.2, 0.25) is 0 Å². The smallest absolute Gasteiger partial charge is 0.123 e. The van der Waals surface area contributed by atoms with E-state index >= 15 is 0 Å². The lowest BCUT2D eigenvalue weighted by molar-refractivity contribution is -0.0752. The van der Waals surface area contributed by atoms with Crippen LogP contribution in [0.5, 0.6) is 0 Å². The maximum absolute atomic E-state index is 13.2. The molecule has 2 nitrogen and oxygen atoms in total. The first kappa shape index (κ1) is 20.6. The fourth-order valence-corrected chi connectivity index (χ4v) is 4.86. The van der Waals surface area contributed by atoms with E-state index in [1.54, 1.807) is 6.07 Å². The Hall–Kier alpha value is -1.13. The number of hydrogen-bond donors (Lipinski definition) is 1. The molecule has 0 aliphatic heterocycles. The summed E-state index contributed by atoms with van der Waals surface area (Å²) in [5.74, 6) is 0.316. The normalized spacial score (nSPS) is 25.7. The second kappa shape index (κ2) is 8.48. The minimum absolute atomic E-state index is 0.0706. The van der Waals surface area contributed by atoms with Gasteiger partial charge < -0.3 is 10.0 Å². The predicted octanol–water partition coefficient (Wildman–Crippen LogP) is 5.54. The minimum Gasteiger partial charge on any atom is -0.385 e. The van der Waals surface area contributed by atoms with E-state index in [-0.39, 0.29) is 11.7 Å². The van der Waals surface area contributed by atoms with Crippen LogP contribution in [-0.4, -0.2) is 30.6 Å². The lowest BCUT2D eigenvalue weighted by Crippen LogP contribution is -2.45. The van der Waals surface area contributed by atoms with Crippen molar-refractivity contribution in [2.24, 2.45) is 11.8 Å². The van der Waals surface area contributed by atoms with E-state index in [1.165, 1.54) is 12.1 Å². The summed E-state index contributed by atoms with van der Waals surface area (Å²) >= 11 is 12.4. The Morgan fingerprint density at radius 1 is 1.11 bits per heavy atom. The summed E-state index contributed by atoms with van der Waals surface area (Å²) in [4.78, 5) is 2.11.